The SMILES string of the molecule is C=Cc1c(C=C)c(-c2ccccc2)c2c(c1-c1ccccc1)C=CC(c1ccncc1)=C=C2C. The number of fused-ring (bicyclic) bond motifs is 1. The van der Waals surface area contributed by atoms with Crippen molar-refractivity contribution in [1.29, 1.82) is 0 Å². The van der Waals surface area contributed by atoms with E-state index in [9.17, 15) is 0 Å². The van der Waals surface area contributed by atoms with Gasteiger partial charge in [-0.15, -0.1) is 5.73 Å². The minimum atomic E-state index is 1.04. The van der Waals surface area contributed by atoms with Gasteiger partial charge in [-0.25, -0.2) is 0 Å². The van der Waals surface area contributed by atoms with E-state index in [1.807, 2.05) is 48.8 Å². The summed E-state index contributed by atoms with van der Waals surface area (Å²) in [4.78, 5) is 4.18. The van der Waals surface area contributed by atoms with Crippen molar-refractivity contribution in [2.24, 2.45) is 0 Å². The topological polar surface area (TPSA) is 12.9 Å². The molecule has 5 rings (SSSR count). The average molecular weight is 436 g/mol. The van der Waals surface area contributed by atoms with Crippen LogP contribution >= 0.6 is 0 Å². The molecule has 0 bridgehead atoms. The molecule has 0 fully saturated rings. The lowest BCUT2D eigenvalue weighted by Gasteiger charge is -2.23. The summed E-state index contributed by atoms with van der Waals surface area (Å²) >= 11 is 0. The highest BCUT2D eigenvalue weighted by molar-refractivity contribution is 6.03. The van der Waals surface area contributed by atoms with Crippen LogP contribution in [-0.4, -0.2) is 4.98 Å². The largest absolute Gasteiger partial charge is 0.265 e. The van der Waals surface area contributed by atoms with E-state index >= 15 is 0 Å². The fourth-order valence-electron chi connectivity index (χ4n) is 4.78. The van der Waals surface area contributed by atoms with Crippen LogP contribution in [-0.2, 0) is 0 Å². The lowest BCUT2D eigenvalue weighted by Crippen LogP contribution is -2.02. The zero-order valence-electron chi connectivity index (χ0n) is 19.3. The number of benzene rings is 3. The molecule has 34 heavy (non-hydrogen) atoms. The summed E-state index contributed by atoms with van der Waals surface area (Å²) in [6.45, 7) is 10.6. The molecular formula is C33H25N. The molecule has 1 nitrogen and oxygen atoms in total. The molecule has 1 aliphatic rings. The van der Waals surface area contributed by atoms with Crippen LogP contribution in [0.3, 0.4) is 0 Å². The molecule has 0 unspecified atom stereocenters. The van der Waals surface area contributed by atoms with Gasteiger partial charge < -0.3 is 0 Å². The van der Waals surface area contributed by atoms with Crippen LogP contribution in [0.1, 0.15) is 34.7 Å². The van der Waals surface area contributed by atoms with E-state index in [0.717, 1.165) is 50.1 Å². The summed E-state index contributed by atoms with van der Waals surface area (Å²) in [5, 5.41) is 0. The summed E-state index contributed by atoms with van der Waals surface area (Å²) < 4.78 is 0. The molecule has 0 spiro atoms. The van der Waals surface area contributed by atoms with Crippen LogP contribution in [0.15, 0.2) is 110 Å². The van der Waals surface area contributed by atoms with E-state index in [2.05, 4.69) is 91.5 Å². The third-order valence-corrected chi connectivity index (χ3v) is 6.26. The maximum atomic E-state index is 4.21. The van der Waals surface area contributed by atoms with Gasteiger partial charge in [0.2, 0.25) is 0 Å². The molecule has 0 aliphatic heterocycles. The van der Waals surface area contributed by atoms with E-state index in [4.69, 9.17) is 0 Å². The average Bonchev–Trinajstić information content (AvgIpc) is 3.07. The van der Waals surface area contributed by atoms with Gasteiger partial charge in [0.05, 0.1) is 0 Å². The second kappa shape index (κ2) is 9.19. The zero-order chi connectivity index (χ0) is 23.5. The van der Waals surface area contributed by atoms with Gasteiger partial charge in [-0.05, 0) is 69.6 Å². The van der Waals surface area contributed by atoms with Gasteiger partial charge >= 0.3 is 0 Å². The van der Waals surface area contributed by atoms with Gasteiger partial charge in [0.25, 0.3) is 0 Å². The summed E-state index contributed by atoms with van der Waals surface area (Å²) in [6, 6.07) is 25.1. The maximum absolute atomic E-state index is 4.21. The third-order valence-electron chi connectivity index (χ3n) is 6.26. The zero-order valence-corrected chi connectivity index (χ0v) is 19.3. The minimum Gasteiger partial charge on any atom is -0.265 e. The Balaban J connectivity index is 1.95. The number of pyridine rings is 1. The van der Waals surface area contributed by atoms with Crippen LogP contribution in [0.5, 0.6) is 0 Å². The summed E-state index contributed by atoms with van der Waals surface area (Å²) in [5.74, 6) is 0. The molecule has 1 heterocycles. The number of allylic oxidation sites excluding steroid dienone is 2. The van der Waals surface area contributed by atoms with E-state index in [1.54, 1.807) is 0 Å². The number of hydrogen-bond acceptors (Lipinski definition) is 1. The molecule has 0 saturated carbocycles. The summed E-state index contributed by atoms with van der Waals surface area (Å²) in [6.07, 6.45) is 11.9. The maximum Gasteiger partial charge on any atom is 0.0274 e. The van der Waals surface area contributed by atoms with E-state index in [-0.39, 0.29) is 0 Å². The van der Waals surface area contributed by atoms with Crippen molar-refractivity contribution in [3.05, 3.63) is 138 Å². The Hall–Kier alpha value is -4.45. The smallest absolute Gasteiger partial charge is 0.0274 e. The summed E-state index contributed by atoms with van der Waals surface area (Å²) in [7, 11) is 0. The van der Waals surface area contributed by atoms with Crippen LogP contribution < -0.4 is 0 Å². The molecule has 162 valence electrons. The van der Waals surface area contributed by atoms with Crippen LogP contribution in [0.25, 0.3) is 51.6 Å². The van der Waals surface area contributed by atoms with Gasteiger partial charge in [0.15, 0.2) is 0 Å². The fraction of sp³-hybridized carbons (Fsp3) is 0.0303. The quantitative estimate of drug-likeness (QED) is 0.285. The van der Waals surface area contributed by atoms with Crippen molar-refractivity contribution in [1.82, 2.24) is 4.98 Å². The molecule has 3 aromatic carbocycles. The van der Waals surface area contributed by atoms with Crippen LogP contribution in [0, 0.1) is 0 Å². The molecule has 1 aromatic heterocycles. The van der Waals surface area contributed by atoms with Crippen LogP contribution in [0.2, 0.25) is 0 Å². The Morgan fingerprint density at radius 2 is 1.21 bits per heavy atom. The highest BCUT2D eigenvalue weighted by atomic mass is 14.6. The monoisotopic (exact) mass is 435 g/mol. The van der Waals surface area contributed by atoms with Gasteiger partial charge in [0.1, 0.15) is 0 Å². The first-order chi connectivity index (χ1) is 16.7. The standard InChI is InChI=1S/C33H25N/c1-4-28-29(5-2)33(26-14-10-7-11-15-26)31-23(3)22-27(24-18-20-34-21-19-24)16-17-30(31)32(28)25-12-8-6-9-13-25/h4-21H,1-2H2,3H3. The Bertz CT molecular complexity index is 1480. The molecule has 0 radical (unpaired) electrons. The van der Waals surface area contributed by atoms with Crippen molar-refractivity contribution in [2.75, 3.05) is 0 Å². The number of rotatable bonds is 5. The van der Waals surface area contributed by atoms with Crippen molar-refractivity contribution in [2.45, 2.75) is 6.92 Å². The predicted molar refractivity (Wildman–Crippen MR) is 147 cm³/mol. The molecule has 0 saturated heterocycles. The molecule has 4 aromatic rings. The first-order valence-electron chi connectivity index (χ1n) is 11.4. The molecule has 0 amide bonds. The van der Waals surface area contributed by atoms with Crippen molar-refractivity contribution < 1.29 is 0 Å². The van der Waals surface area contributed by atoms with Crippen molar-refractivity contribution >= 4 is 29.4 Å². The van der Waals surface area contributed by atoms with Gasteiger partial charge in [-0.2, -0.15) is 0 Å². The second-order valence-corrected chi connectivity index (χ2v) is 8.24. The van der Waals surface area contributed by atoms with E-state index in [1.165, 1.54) is 11.1 Å². The van der Waals surface area contributed by atoms with E-state index < -0.39 is 0 Å². The first kappa shape index (κ1) is 21.4. The Labute approximate surface area is 201 Å². The second-order valence-electron chi connectivity index (χ2n) is 8.24. The Kier molecular flexibility index (Phi) is 5.79. The highest BCUT2D eigenvalue weighted by Crippen LogP contribution is 2.45. The minimum absolute atomic E-state index is 1.04. The lowest BCUT2D eigenvalue weighted by molar-refractivity contribution is 1.32. The Morgan fingerprint density at radius 1 is 0.647 bits per heavy atom. The number of hydrogen-bond donors (Lipinski definition) is 0. The number of aromatic nitrogens is 1. The van der Waals surface area contributed by atoms with Gasteiger partial charge in [-0.1, -0.05) is 92.0 Å². The predicted octanol–water partition coefficient (Wildman–Crippen LogP) is 8.81. The number of nitrogens with zero attached hydrogens (tertiary/aromatic N) is 1. The van der Waals surface area contributed by atoms with Crippen molar-refractivity contribution in [3.8, 4) is 22.3 Å². The molecule has 1 aliphatic carbocycles. The van der Waals surface area contributed by atoms with Crippen LogP contribution in [0.4, 0.5) is 0 Å². The first-order valence-corrected chi connectivity index (χ1v) is 11.4. The highest BCUT2D eigenvalue weighted by Gasteiger charge is 2.24. The van der Waals surface area contributed by atoms with E-state index in [0.29, 0.717) is 0 Å². The van der Waals surface area contributed by atoms with Gasteiger partial charge in [-0.3, -0.25) is 4.98 Å². The van der Waals surface area contributed by atoms with Gasteiger partial charge in [0, 0.05) is 29.1 Å². The lowest BCUT2D eigenvalue weighted by atomic mass is 9.79. The molecular weight excluding hydrogens is 410 g/mol. The third kappa shape index (κ3) is 3.69. The Morgan fingerprint density at radius 3 is 1.79 bits per heavy atom. The molecule has 1 heteroatoms. The fourth-order valence-corrected chi connectivity index (χ4v) is 4.78. The molecule has 0 atom stereocenters. The summed E-state index contributed by atoms with van der Waals surface area (Å²) in [5.41, 5.74) is 16.0. The normalized spacial score (nSPS) is 12.3. The van der Waals surface area contributed by atoms with Crippen molar-refractivity contribution in [3.63, 3.8) is 0 Å². The molecule has 0 N–H and O–H groups in total.